The monoisotopic (exact) mass is 644 g/mol. The van der Waals surface area contributed by atoms with Crippen LogP contribution in [0.4, 0.5) is 5.69 Å². The third-order valence-corrected chi connectivity index (χ3v) is 11.4. The number of rotatable bonds is 5. The molecule has 1 amide bonds. The Morgan fingerprint density at radius 1 is 1.02 bits per heavy atom. The molecule has 2 aliphatic heterocycles. The Balaban J connectivity index is 1.50. The molecule has 1 fully saturated rings. The predicted molar refractivity (Wildman–Crippen MR) is 174 cm³/mol. The molecular formula is C34H45ClN2O6S. The highest BCUT2D eigenvalue weighted by atomic mass is 35.5. The Labute approximate surface area is 267 Å². The van der Waals surface area contributed by atoms with Gasteiger partial charge in [-0.1, -0.05) is 36.7 Å². The summed E-state index contributed by atoms with van der Waals surface area (Å²) in [5.41, 5.74) is 3.40. The van der Waals surface area contributed by atoms with Crippen molar-refractivity contribution in [1.29, 1.82) is 0 Å². The summed E-state index contributed by atoms with van der Waals surface area (Å²) in [7, 11) is -2.28. The number of anilines is 1. The molecule has 1 saturated carbocycles. The molecule has 2 heterocycles. The molecule has 1 N–H and O–H groups in total. The number of nitrogens with one attached hydrogen (secondary N) is 1. The summed E-state index contributed by atoms with van der Waals surface area (Å²) in [6.07, 6.45) is 10.6. The zero-order chi connectivity index (χ0) is 31.1. The number of benzene rings is 2. The fourth-order valence-electron chi connectivity index (χ4n) is 6.42. The summed E-state index contributed by atoms with van der Waals surface area (Å²) in [6.45, 7) is 4.73. The van der Waals surface area contributed by atoms with Gasteiger partial charge in [0.25, 0.3) is 5.91 Å². The van der Waals surface area contributed by atoms with E-state index in [1.54, 1.807) is 25.3 Å². The largest absolute Gasteiger partial charge is 0.487 e. The first-order chi connectivity index (χ1) is 21.3. The van der Waals surface area contributed by atoms with Gasteiger partial charge in [-0.25, -0.2) is 13.1 Å². The second-order valence-corrected chi connectivity index (χ2v) is 14.6. The van der Waals surface area contributed by atoms with E-state index in [-0.39, 0.29) is 6.10 Å². The van der Waals surface area contributed by atoms with Crippen molar-refractivity contribution in [1.82, 2.24) is 4.72 Å². The van der Waals surface area contributed by atoms with Gasteiger partial charge in [-0.05, 0) is 105 Å². The second-order valence-electron chi connectivity index (χ2n) is 12.2. The van der Waals surface area contributed by atoms with Crippen LogP contribution in [0.3, 0.4) is 0 Å². The molecule has 2 bridgehead atoms. The van der Waals surface area contributed by atoms with Crippen LogP contribution < -0.4 is 14.4 Å². The van der Waals surface area contributed by atoms with Crippen LogP contribution in [-0.2, 0) is 32.5 Å². The van der Waals surface area contributed by atoms with E-state index in [1.807, 2.05) is 25.1 Å². The number of carbonyl (C=O) groups excluding carboxylic acids is 1. The number of hydrogen-bond acceptors (Lipinski definition) is 7. The summed E-state index contributed by atoms with van der Waals surface area (Å²) in [5, 5.41) is 0.00225. The molecular weight excluding hydrogens is 600 g/mol. The highest BCUT2D eigenvalue weighted by molar-refractivity contribution is 7.90. The molecule has 4 atom stereocenters. The molecule has 0 spiro atoms. The van der Waals surface area contributed by atoms with Crippen molar-refractivity contribution >= 4 is 33.2 Å². The first-order valence-corrected chi connectivity index (χ1v) is 17.8. The van der Waals surface area contributed by atoms with E-state index in [0.717, 1.165) is 61.5 Å². The molecule has 44 heavy (non-hydrogen) atoms. The molecule has 0 unspecified atom stereocenters. The summed E-state index contributed by atoms with van der Waals surface area (Å²) in [6, 6.07) is 11.2. The number of nitrogens with zero attached hydrogens (tertiary/aromatic N) is 1. The molecule has 0 aromatic heterocycles. The van der Waals surface area contributed by atoms with Crippen molar-refractivity contribution in [2.75, 3.05) is 38.3 Å². The number of fused-ring (bicyclic) bond motifs is 3. The van der Waals surface area contributed by atoms with Gasteiger partial charge in [0, 0.05) is 30.8 Å². The van der Waals surface area contributed by atoms with Crippen LogP contribution in [0.2, 0.25) is 5.02 Å². The van der Waals surface area contributed by atoms with E-state index >= 15 is 0 Å². The van der Waals surface area contributed by atoms with Gasteiger partial charge in [-0.15, -0.1) is 0 Å². The van der Waals surface area contributed by atoms with E-state index < -0.39 is 21.2 Å². The maximum atomic E-state index is 13.5. The lowest BCUT2D eigenvalue weighted by atomic mass is 9.73. The van der Waals surface area contributed by atoms with Gasteiger partial charge in [-0.3, -0.25) is 4.79 Å². The molecule has 3 aliphatic rings. The van der Waals surface area contributed by atoms with Gasteiger partial charge in [0.15, 0.2) is 0 Å². The molecule has 0 saturated heterocycles. The average Bonchev–Trinajstić information content (AvgIpc) is 3.01. The Morgan fingerprint density at radius 2 is 1.89 bits per heavy atom. The van der Waals surface area contributed by atoms with E-state index in [4.69, 9.17) is 25.8 Å². The Hall–Kier alpha value is -2.59. The van der Waals surface area contributed by atoms with Crippen molar-refractivity contribution < 1.29 is 27.4 Å². The van der Waals surface area contributed by atoms with Gasteiger partial charge >= 0.3 is 0 Å². The number of hydrogen-bond donors (Lipinski definition) is 1. The van der Waals surface area contributed by atoms with Gasteiger partial charge in [-0.2, -0.15) is 0 Å². The number of amides is 1. The maximum Gasteiger partial charge on any atom is 0.264 e. The molecule has 5 rings (SSSR count). The third kappa shape index (κ3) is 8.16. The average molecular weight is 645 g/mol. The van der Waals surface area contributed by atoms with E-state index in [2.05, 4.69) is 21.8 Å². The fraction of sp³-hybridized carbons (Fsp3) is 0.559. The number of halogens is 1. The highest BCUT2D eigenvalue weighted by Gasteiger charge is 2.33. The zero-order valence-corrected chi connectivity index (χ0v) is 27.4. The van der Waals surface area contributed by atoms with Crippen LogP contribution in [0.15, 0.2) is 48.6 Å². The SMILES string of the molecule is CC[C@@H]1CC[C@@H](OCCOC)/C=C/[C@@H]2CC[C@H]2CN2CCCCc3cc(Cl)ccc3COc3ccc(cc32)C(=O)NS1(=O)=O. The number of sulfonamides is 1. The molecule has 2 aromatic rings. The lowest BCUT2D eigenvalue weighted by molar-refractivity contribution is 0.0345. The van der Waals surface area contributed by atoms with Crippen LogP contribution >= 0.6 is 11.6 Å². The van der Waals surface area contributed by atoms with E-state index in [0.29, 0.717) is 62.2 Å². The maximum absolute atomic E-state index is 13.5. The van der Waals surface area contributed by atoms with Crippen LogP contribution in [0.1, 0.15) is 73.4 Å². The van der Waals surface area contributed by atoms with Gasteiger partial charge in [0.1, 0.15) is 12.4 Å². The predicted octanol–water partition coefficient (Wildman–Crippen LogP) is 6.31. The lowest BCUT2D eigenvalue weighted by Gasteiger charge is -2.40. The van der Waals surface area contributed by atoms with Crippen molar-refractivity contribution in [3.8, 4) is 5.75 Å². The number of methoxy groups -OCH3 is 1. The van der Waals surface area contributed by atoms with Crippen molar-refractivity contribution in [3.63, 3.8) is 0 Å². The zero-order valence-electron chi connectivity index (χ0n) is 25.8. The van der Waals surface area contributed by atoms with Gasteiger partial charge < -0.3 is 19.1 Å². The minimum absolute atomic E-state index is 0.222. The normalized spacial score (nSPS) is 26.5. The number of allylic oxidation sites excluding steroid dienone is 1. The topological polar surface area (TPSA) is 94.2 Å². The van der Waals surface area contributed by atoms with Crippen molar-refractivity contribution in [3.05, 3.63) is 70.3 Å². The molecule has 8 nitrogen and oxygen atoms in total. The van der Waals surface area contributed by atoms with Crippen LogP contribution in [0.5, 0.6) is 5.75 Å². The minimum Gasteiger partial charge on any atom is -0.487 e. The second kappa shape index (κ2) is 15.1. The molecule has 2 aromatic carbocycles. The Bertz CT molecular complexity index is 1430. The highest BCUT2D eigenvalue weighted by Crippen LogP contribution is 2.40. The first-order valence-electron chi connectivity index (χ1n) is 15.9. The Kier molecular flexibility index (Phi) is 11.3. The quantitative estimate of drug-likeness (QED) is 0.301. The number of ether oxygens (including phenoxy) is 3. The molecule has 0 radical (unpaired) electrons. The van der Waals surface area contributed by atoms with Gasteiger partial charge in [0.2, 0.25) is 10.0 Å². The standard InChI is InChI=1S/C34H45ClN2O6S/c1-3-31-15-14-30(42-19-18-41-2)13-10-24-7-8-27(24)22-37-17-5-4-6-25-20-29(35)12-9-28(25)23-43-33-16-11-26(21-32(33)37)34(38)36-44(31,39)40/h9-13,16,20-21,24,27,30-31H,3-8,14-15,17-19,22-23H2,1-2H3,(H,36,38)/b13-10+/t24-,27-,30-,31+/m0/s1. The first kappa shape index (κ1) is 32.8. The molecule has 10 heteroatoms. The van der Waals surface area contributed by atoms with Crippen LogP contribution in [0, 0.1) is 11.8 Å². The molecule has 240 valence electrons. The summed E-state index contributed by atoms with van der Waals surface area (Å²) < 4.78 is 46.9. The number of carbonyl (C=O) groups is 1. The van der Waals surface area contributed by atoms with Gasteiger partial charge in [0.05, 0.1) is 30.3 Å². The number of aryl methyl sites for hydroxylation is 1. The summed E-state index contributed by atoms with van der Waals surface area (Å²) >= 11 is 6.33. The fourth-order valence-corrected chi connectivity index (χ4v) is 8.05. The lowest BCUT2D eigenvalue weighted by Crippen LogP contribution is -2.40. The van der Waals surface area contributed by atoms with E-state index in [9.17, 15) is 13.2 Å². The Morgan fingerprint density at radius 3 is 2.66 bits per heavy atom. The van der Waals surface area contributed by atoms with E-state index in [1.165, 1.54) is 5.56 Å². The van der Waals surface area contributed by atoms with Crippen molar-refractivity contribution in [2.45, 2.75) is 76.3 Å². The van der Waals surface area contributed by atoms with Crippen LogP contribution in [-0.4, -0.2) is 59.1 Å². The van der Waals surface area contributed by atoms with Crippen molar-refractivity contribution in [2.24, 2.45) is 11.8 Å². The molecule has 1 aliphatic carbocycles. The van der Waals surface area contributed by atoms with Crippen LogP contribution in [0.25, 0.3) is 0 Å². The smallest absolute Gasteiger partial charge is 0.264 e. The third-order valence-electron chi connectivity index (χ3n) is 9.26. The summed E-state index contributed by atoms with van der Waals surface area (Å²) in [5.74, 6) is 0.913. The summed E-state index contributed by atoms with van der Waals surface area (Å²) in [4.78, 5) is 15.8. The minimum atomic E-state index is -3.92.